The summed E-state index contributed by atoms with van der Waals surface area (Å²) in [4.78, 5) is 0. The summed E-state index contributed by atoms with van der Waals surface area (Å²) in [5.74, 6) is 0. The van der Waals surface area contributed by atoms with Gasteiger partial charge < -0.3 is 5.01 Å². The highest BCUT2D eigenvalue weighted by atomic mass is 79.9. The minimum Gasteiger partial charge on any atom is -0.305 e. The van der Waals surface area contributed by atoms with E-state index in [1.807, 2.05) is 30.5 Å². The highest BCUT2D eigenvalue weighted by Gasteiger charge is 2.22. The van der Waals surface area contributed by atoms with E-state index < -0.39 is 0 Å². The molecule has 3 aromatic rings. The van der Waals surface area contributed by atoms with Crippen LogP contribution in [0.15, 0.2) is 47.1 Å². The summed E-state index contributed by atoms with van der Waals surface area (Å²) in [7, 11) is 0. The molecule has 0 atom stereocenters. The highest BCUT2D eigenvalue weighted by Crippen LogP contribution is 2.32. The summed E-state index contributed by atoms with van der Waals surface area (Å²) in [5, 5.41) is 23.6. The average Bonchev–Trinajstić information content (AvgIpc) is 2.94. The number of hydrazine groups is 1. The van der Waals surface area contributed by atoms with Crippen LogP contribution in [0.3, 0.4) is 0 Å². The Hall–Kier alpha value is -2.36. The van der Waals surface area contributed by atoms with Crippen molar-refractivity contribution in [2.75, 3.05) is 18.1 Å². The first-order valence-corrected chi connectivity index (χ1v) is 9.69. The van der Waals surface area contributed by atoms with Crippen molar-refractivity contribution in [1.82, 2.24) is 15.2 Å². The molecule has 6 heteroatoms. The maximum absolute atomic E-state index is 9.44. The fourth-order valence-corrected chi connectivity index (χ4v) is 3.94. The number of nitrogens with one attached hydrogen (secondary N) is 1. The van der Waals surface area contributed by atoms with Gasteiger partial charge >= 0.3 is 0 Å². The number of H-pyrrole nitrogens is 1. The molecule has 1 N–H and O–H groups in total. The SMILES string of the molecule is N#Cc1ccc(N2CCCCCN2Cc2n[nH]cc2Br)c2ccccc12. The van der Waals surface area contributed by atoms with E-state index in [9.17, 15) is 5.26 Å². The van der Waals surface area contributed by atoms with E-state index in [0.29, 0.717) is 0 Å². The fraction of sp³-hybridized carbons (Fsp3) is 0.300. The molecule has 2 aromatic carbocycles. The van der Waals surface area contributed by atoms with Crippen LogP contribution >= 0.6 is 15.9 Å². The van der Waals surface area contributed by atoms with Crippen molar-refractivity contribution < 1.29 is 0 Å². The van der Waals surface area contributed by atoms with Crippen molar-refractivity contribution in [3.05, 3.63) is 58.3 Å². The fourth-order valence-electron chi connectivity index (χ4n) is 3.63. The number of aromatic amines is 1. The molecule has 1 saturated heterocycles. The molecule has 26 heavy (non-hydrogen) atoms. The Morgan fingerprint density at radius 2 is 1.88 bits per heavy atom. The smallest absolute Gasteiger partial charge is 0.0998 e. The summed E-state index contributed by atoms with van der Waals surface area (Å²) in [5.41, 5.74) is 2.89. The van der Waals surface area contributed by atoms with Crippen molar-refractivity contribution in [1.29, 1.82) is 5.26 Å². The van der Waals surface area contributed by atoms with Gasteiger partial charge in [-0.1, -0.05) is 30.7 Å². The van der Waals surface area contributed by atoms with Crippen LogP contribution in [0.1, 0.15) is 30.5 Å². The van der Waals surface area contributed by atoms with Crippen molar-refractivity contribution in [2.45, 2.75) is 25.8 Å². The predicted octanol–water partition coefficient (Wildman–Crippen LogP) is 4.60. The van der Waals surface area contributed by atoms with Crippen LogP contribution in [0.4, 0.5) is 5.69 Å². The minimum atomic E-state index is 0.723. The Bertz CT molecular complexity index is 958. The number of fused-ring (bicyclic) bond motifs is 1. The number of hydrogen-bond donors (Lipinski definition) is 1. The van der Waals surface area contributed by atoms with Gasteiger partial charge in [-0.05, 0) is 40.9 Å². The Morgan fingerprint density at radius 1 is 1.08 bits per heavy atom. The first kappa shape index (κ1) is 17.1. The second-order valence-corrected chi connectivity index (χ2v) is 7.40. The summed E-state index contributed by atoms with van der Waals surface area (Å²) in [6, 6.07) is 14.5. The first-order chi connectivity index (χ1) is 12.8. The third-order valence-corrected chi connectivity index (χ3v) is 5.61. The van der Waals surface area contributed by atoms with Crippen LogP contribution in [0.2, 0.25) is 0 Å². The standard InChI is InChI=1S/C20H20BrN5/c21-18-13-23-24-19(18)14-25-10-4-1-5-11-26(25)20-9-8-15(12-22)16-6-2-3-7-17(16)20/h2-3,6-9,13H,1,4-5,10-11,14H2,(H,23,24). The molecular weight excluding hydrogens is 390 g/mol. The third kappa shape index (κ3) is 3.20. The van der Waals surface area contributed by atoms with E-state index >= 15 is 0 Å². The number of nitriles is 1. The lowest BCUT2D eigenvalue weighted by molar-refractivity contribution is 0.250. The Balaban J connectivity index is 1.77. The number of hydrogen-bond acceptors (Lipinski definition) is 4. The van der Waals surface area contributed by atoms with E-state index in [-0.39, 0.29) is 0 Å². The van der Waals surface area contributed by atoms with E-state index in [0.717, 1.165) is 58.2 Å². The van der Waals surface area contributed by atoms with Crippen LogP contribution in [0.25, 0.3) is 10.8 Å². The van der Waals surface area contributed by atoms with Gasteiger partial charge in [-0.15, -0.1) is 0 Å². The molecule has 1 fully saturated rings. The lowest BCUT2D eigenvalue weighted by Crippen LogP contribution is -2.42. The third-order valence-electron chi connectivity index (χ3n) is 4.93. The predicted molar refractivity (Wildman–Crippen MR) is 107 cm³/mol. The van der Waals surface area contributed by atoms with E-state index in [1.165, 1.54) is 12.8 Å². The summed E-state index contributed by atoms with van der Waals surface area (Å²) < 4.78 is 1.01. The van der Waals surface area contributed by atoms with E-state index in [4.69, 9.17) is 0 Å². The van der Waals surface area contributed by atoms with Gasteiger partial charge in [0.1, 0.15) is 0 Å². The number of nitrogens with zero attached hydrogens (tertiary/aromatic N) is 4. The van der Waals surface area contributed by atoms with Gasteiger partial charge in [0.2, 0.25) is 0 Å². The zero-order valence-electron chi connectivity index (χ0n) is 14.5. The van der Waals surface area contributed by atoms with Crippen molar-refractivity contribution in [2.24, 2.45) is 0 Å². The van der Waals surface area contributed by atoms with Gasteiger partial charge in [-0.2, -0.15) is 10.4 Å². The van der Waals surface area contributed by atoms with Crippen molar-refractivity contribution in [3.63, 3.8) is 0 Å². The summed E-state index contributed by atoms with van der Waals surface area (Å²) >= 11 is 3.57. The molecule has 1 aliphatic rings. The molecule has 2 heterocycles. The zero-order valence-corrected chi connectivity index (χ0v) is 16.0. The molecule has 0 amide bonds. The topological polar surface area (TPSA) is 59.0 Å². The van der Waals surface area contributed by atoms with Crippen LogP contribution in [0, 0.1) is 11.3 Å². The van der Waals surface area contributed by atoms with Gasteiger partial charge in [0.15, 0.2) is 0 Å². The zero-order chi connectivity index (χ0) is 17.9. The number of rotatable bonds is 3. The van der Waals surface area contributed by atoms with E-state index in [1.54, 1.807) is 0 Å². The number of benzene rings is 2. The Labute approximate surface area is 161 Å². The maximum atomic E-state index is 9.44. The quantitative estimate of drug-likeness (QED) is 0.686. The van der Waals surface area contributed by atoms with E-state index in [2.05, 4.69) is 54.3 Å². The van der Waals surface area contributed by atoms with Gasteiger partial charge in [0, 0.05) is 30.1 Å². The summed E-state index contributed by atoms with van der Waals surface area (Å²) in [6.07, 6.45) is 5.43. The molecule has 0 unspecified atom stereocenters. The number of halogens is 1. The Morgan fingerprint density at radius 3 is 2.65 bits per heavy atom. The molecule has 4 rings (SSSR count). The van der Waals surface area contributed by atoms with Gasteiger partial charge in [0.05, 0.1) is 34.0 Å². The second kappa shape index (κ2) is 7.48. The largest absolute Gasteiger partial charge is 0.305 e. The highest BCUT2D eigenvalue weighted by molar-refractivity contribution is 9.10. The molecule has 1 aromatic heterocycles. The minimum absolute atomic E-state index is 0.723. The van der Waals surface area contributed by atoms with Crippen molar-refractivity contribution >= 4 is 32.4 Å². The first-order valence-electron chi connectivity index (χ1n) is 8.90. The van der Waals surface area contributed by atoms with Gasteiger partial charge in [0.25, 0.3) is 0 Å². The molecule has 0 bridgehead atoms. The second-order valence-electron chi connectivity index (χ2n) is 6.54. The molecular formula is C20H20BrN5. The monoisotopic (exact) mass is 409 g/mol. The van der Waals surface area contributed by atoms with Crippen molar-refractivity contribution in [3.8, 4) is 6.07 Å². The molecule has 0 spiro atoms. The molecule has 0 aliphatic carbocycles. The lowest BCUT2D eigenvalue weighted by Gasteiger charge is -2.35. The molecule has 0 saturated carbocycles. The average molecular weight is 410 g/mol. The summed E-state index contributed by atoms with van der Waals surface area (Å²) in [6.45, 7) is 2.71. The van der Waals surface area contributed by atoms with Gasteiger partial charge in [-0.25, -0.2) is 5.01 Å². The maximum Gasteiger partial charge on any atom is 0.0998 e. The normalized spacial score (nSPS) is 15.8. The van der Waals surface area contributed by atoms with Crippen LogP contribution in [0.5, 0.6) is 0 Å². The molecule has 1 aliphatic heterocycles. The van der Waals surface area contributed by atoms with Gasteiger partial charge in [-0.3, -0.25) is 5.10 Å². The molecule has 5 nitrogen and oxygen atoms in total. The number of aromatic nitrogens is 2. The molecule has 132 valence electrons. The number of anilines is 1. The van der Waals surface area contributed by atoms with Crippen LogP contribution < -0.4 is 5.01 Å². The van der Waals surface area contributed by atoms with Crippen LogP contribution in [-0.2, 0) is 6.54 Å². The van der Waals surface area contributed by atoms with Crippen LogP contribution in [-0.4, -0.2) is 28.3 Å². The lowest BCUT2D eigenvalue weighted by atomic mass is 10.0. The molecule has 0 radical (unpaired) electrons. The Kier molecular flexibility index (Phi) is 4.91.